The molecule has 4 bridgehead atoms. The van der Waals surface area contributed by atoms with E-state index < -0.39 is 5.41 Å². The van der Waals surface area contributed by atoms with Gasteiger partial charge in [0, 0.05) is 38.9 Å². The van der Waals surface area contributed by atoms with Crippen molar-refractivity contribution in [1.82, 2.24) is 4.57 Å². The molecule has 0 N–H and O–H groups in total. The quantitative estimate of drug-likeness (QED) is 0.147. The van der Waals surface area contributed by atoms with Crippen LogP contribution in [0.2, 0.25) is 0 Å². The maximum Gasteiger partial charge on any atom is 0.0708 e. The lowest BCUT2D eigenvalue weighted by Crippen LogP contribution is -2.59. The standard InChI is InChI=1S/C71H56N2/c1-4-18-50(19-5-1)52-20-16-26-59(45-52)72(58-36-34-51(35-37-58)53-21-17-27-60(46-53)73-68-32-14-10-28-62(68)63-29-11-15-33-69(63)73)61-38-39-66-67(47-61)70(54-22-6-2-7-23-54,55-24-8-3-9-25-55)64-30-12-13-31-65(64)71(66)56-41-48-40-49(43-56)44-57(71)42-48/h1-39,45-49,56-57H,40-44H2. The largest absolute Gasteiger partial charge is 0.310 e. The Kier molecular flexibility index (Phi) is 9.71. The van der Waals surface area contributed by atoms with Gasteiger partial charge in [0.2, 0.25) is 0 Å². The summed E-state index contributed by atoms with van der Waals surface area (Å²) in [5.74, 6) is 2.95. The molecule has 73 heavy (non-hydrogen) atoms. The third-order valence-corrected chi connectivity index (χ3v) is 18.1. The molecule has 0 unspecified atom stereocenters. The average Bonchev–Trinajstić information content (AvgIpc) is 3.80. The minimum atomic E-state index is -0.548. The number of aromatic nitrogens is 1. The van der Waals surface area contributed by atoms with Crippen LogP contribution in [-0.4, -0.2) is 4.57 Å². The van der Waals surface area contributed by atoms with Gasteiger partial charge in [0.05, 0.1) is 16.4 Å². The summed E-state index contributed by atoms with van der Waals surface area (Å²) in [5, 5.41) is 2.54. The molecule has 0 aliphatic heterocycles. The molecule has 10 aromatic carbocycles. The Morgan fingerprint density at radius 1 is 0.329 bits per heavy atom. The molecular weight excluding hydrogens is 881 g/mol. The molecule has 11 aromatic rings. The van der Waals surface area contributed by atoms with E-state index in [0.717, 1.165) is 28.9 Å². The zero-order valence-corrected chi connectivity index (χ0v) is 41.0. The number of anilines is 3. The van der Waals surface area contributed by atoms with E-state index in [1.165, 1.54) is 104 Å². The van der Waals surface area contributed by atoms with E-state index in [-0.39, 0.29) is 5.41 Å². The Balaban J connectivity index is 0.940. The predicted octanol–water partition coefficient (Wildman–Crippen LogP) is 18.0. The Morgan fingerprint density at radius 3 is 1.45 bits per heavy atom. The number of nitrogens with zero attached hydrogens (tertiary/aromatic N) is 2. The van der Waals surface area contributed by atoms with Gasteiger partial charge >= 0.3 is 0 Å². The first-order valence-corrected chi connectivity index (χ1v) is 26.7. The smallest absolute Gasteiger partial charge is 0.0708 e. The van der Waals surface area contributed by atoms with Crippen LogP contribution in [0.5, 0.6) is 0 Å². The first-order valence-electron chi connectivity index (χ1n) is 26.7. The van der Waals surface area contributed by atoms with Crippen LogP contribution in [0.3, 0.4) is 0 Å². The summed E-state index contributed by atoms with van der Waals surface area (Å²) in [6.45, 7) is 0. The fourth-order valence-corrected chi connectivity index (χ4v) is 15.5. The lowest BCUT2D eigenvalue weighted by atomic mass is 9.38. The third kappa shape index (κ3) is 6.36. The van der Waals surface area contributed by atoms with E-state index in [9.17, 15) is 0 Å². The van der Waals surface area contributed by atoms with Crippen LogP contribution in [0.4, 0.5) is 17.1 Å². The first kappa shape index (κ1) is 42.5. The predicted molar refractivity (Wildman–Crippen MR) is 302 cm³/mol. The van der Waals surface area contributed by atoms with Gasteiger partial charge in [-0.15, -0.1) is 0 Å². The summed E-state index contributed by atoms with van der Waals surface area (Å²) in [5.41, 5.74) is 19.8. The van der Waals surface area contributed by atoms with Gasteiger partial charge in [0.25, 0.3) is 0 Å². The van der Waals surface area contributed by atoms with Crippen molar-refractivity contribution in [2.24, 2.45) is 23.7 Å². The minimum Gasteiger partial charge on any atom is -0.310 e. The van der Waals surface area contributed by atoms with E-state index in [4.69, 9.17) is 0 Å². The summed E-state index contributed by atoms with van der Waals surface area (Å²) in [4.78, 5) is 2.52. The topological polar surface area (TPSA) is 8.17 Å². The van der Waals surface area contributed by atoms with E-state index in [0.29, 0.717) is 11.8 Å². The first-order chi connectivity index (χ1) is 36.2. The second-order valence-corrected chi connectivity index (χ2v) is 21.6. The molecule has 350 valence electrons. The van der Waals surface area contributed by atoms with Gasteiger partial charge in [-0.25, -0.2) is 0 Å². The number of benzene rings is 10. The Labute approximate surface area is 428 Å². The fraction of sp³-hybridized carbons (Fsp3) is 0.155. The van der Waals surface area contributed by atoms with Crippen molar-refractivity contribution in [3.63, 3.8) is 0 Å². The SMILES string of the molecule is c1ccc(-c2cccc(N(c3ccc(-c4cccc(-n5c6ccccc6c6ccccc65)c4)cc3)c3ccc4c(c3)C(c3ccccc3)(c3ccccc3)c3ccccc3C43C4CC5CC(C4)CC3C5)c2)cc1. The van der Waals surface area contributed by atoms with Crippen LogP contribution in [0.15, 0.2) is 255 Å². The van der Waals surface area contributed by atoms with E-state index in [2.05, 4.69) is 264 Å². The zero-order chi connectivity index (χ0) is 48.1. The van der Waals surface area contributed by atoms with Crippen molar-refractivity contribution in [2.45, 2.75) is 42.9 Å². The Bertz CT molecular complexity index is 3750. The molecule has 5 aliphatic carbocycles. The van der Waals surface area contributed by atoms with E-state index >= 15 is 0 Å². The molecule has 0 radical (unpaired) electrons. The minimum absolute atomic E-state index is 0.0432. The maximum atomic E-state index is 2.64. The lowest BCUT2D eigenvalue weighted by Gasteiger charge is -2.65. The van der Waals surface area contributed by atoms with Gasteiger partial charge in [-0.3, -0.25) is 0 Å². The lowest BCUT2D eigenvalue weighted by molar-refractivity contribution is -0.0440. The molecule has 1 aromatic heterocycles. The van der Waals surface area contributed by atoms with Crippen LogP contribution >= 0.6 is 0 Å². The Morgan fingerprint density at radius 2 is 0.808 bits per heavy atom. The highest BCUT2D eigenvalue weighted by atomic mass is 15.1. The summed E-state index contributed by atoms with van der Waals surface area (Å²) in [7, 11) is 0. The highest BCUT2D eigenvalue weighted by molar-refractivity contribution is 6.09. The summed E-state index contributed by atoms with van der Waals surface area (Å²) in [6, 6.07) is 96.3. The van der Waals surface area contributed by atoms with Gasteiger partial charge in [0.1, 0.15) is 0 Å². The van der Waals surface area contributed by atoms with E-state index in [1.807, 2.05) is 0 Å². The number of para-hydroxylation sites is 2. The molecule has 0 amide bonds. The molecule has 1 spiro atoms. The van der Waals surface area contributed by atoms with Crippen molar-refractivity contribution in [1.29, 1.82) is 0 Å². The molecule has 4 saturated carbocycles. The Hall–Kier alpha value is -8.20. The van der Waals surface area contributed by atoms with Crippen LogP contribution in [0, 0.1) is 23.7 Å². The van der Waals surface area contributed by atoms with E-state index in [1.54, 1.807) is 11.1 Å². The van der Waals surface area contributed by atoms with Crippen molar-refractivity contribution in [3.8, 4) is 27.9 Å². The zero-order valence-electron chi connectivity index (χ0n) is 41.0. The van der Waals surface area contributed by atoms with Crippen molar-refractivity contribution < 1.29 is 0 Å². The molecule has 1 heterocycles. The number of hydrogen-bond donors (Lipinski definition) is 0. The van der Waals surface area contributed by atoms with Crippen molar-refractivity contribution >= 4 is 38.9 Å². The maximum absolute atomic E-state index is 2.64. The van der Waals surface area contributed by atoms with Gasteiger partial charge in [-0.05, 0) is 172 Å². The summed E-state index contributed by atoms with van der Waals surface area (Å²) >= 11 is 0. The van der Waals surface area contributed by atoms with Gasteiger partial charge in [-0.1, -0.05) is 194 Å². The number of fused-ring (bicyclic) bond motifs is 5. The summed E-state index contributed by atoms with van der Waals surface area (Å²) in [6.07, 6.45) is 6.76. The monoisotopic (exact) mass is 936 g/mol. The molecule has 5 aliphatic rings. The highest BCUT2D eigenvalue weighted by Crippen LogP contribution is 2.70. The number of hydrogen-bond acceptors (Lipinski definition) is 1. The molecule has 16 rings (SSSR count). The molecule has 2 heteroatoms. The fourth-order valence-electron chi connectivity index (χ4n) is 15.5. The molecule has 4 fully saturated rings. The van der Waals surface area contributed by atoms with Crippen LogP contribution in [0.25, 0.3) is 49.7 Å². The average molecular weight is 937 g/mol. The second-order valence-electron chi connectivity index (χ2n) is 21.6. The van der Waals surface area contributed by atoms with Crippen LogP contribution < -0.4 is 4.90 Å². The number of rotatable bonds is 8. The van der Waals surface area contributed by atoms with Gasteiger partial charge in [0.15, 0.2) is 0 Å². The normalized spacial score (nSPS) is 21.0. The van der Waals surface area contributed by atoms with Crippen LogP contribution in [0.1, 0.15) is 65.5 Å². The second kappa shape index (κ2) is 16.7. The molecule has 0 saturated heterocycles. The molecule has 0 atom stereocenters. The van der Waals surface area contributed by atoms with Crippen molar-refractivity contribution in [2.75, 3.05) is 4.90 Å². The van der Waals surface area contributed by atoms with Gasteiger partial charge in [-0.2, -0.15) is 0 Å². The molecular formula is C71H56N2. The highest BCUT2D eigenvalue weighted by Gasteiger charge is 2.63. The van der Waals surface area contributed by atoms with Crippen molar-refractivity contribution in [3.05, 3.63) is 288 Å². The van der Waals surface area contributed by atoms with Crippen LogP contribution in [-0.2, 0) is 10.8 Å². The summed E-state index contributed by atoms with van der Waals surface area (Å²) < 4.78 is 2.41. The van der Waals surface area contributed by atoms with Gasteiger partial charge < -0.3 is 9.47 Å². The third-order valence-electron chi connectivity index (χ3n) is 18.1. The molecule has 2 nitrogen and oxygen atoms in total.